The van der Waals surface area contributed by atoms with Crippen molar-refractivity contribution < 1.29 is 9.90 Å². The number of amides is 1. The van der Waals surface area contributed by atoms with Crippen molar-refractivity contribution >= 4 is 22.4 Å². The van der Waals surface area contributed by atoms with E-state index >= 15 is 0 Å². The zero-order chi connectivity index (χ0) is 19.1. The van der Waals surface area contributed by atoms with E-state index in [1.54, 1.807) is 6.92 Å². The van der Waals surface area contributed by atoms with Crippen molar-refractivity contribution in [2.24, 2.45) is 0 Å². The minimum atomic E-state index is -0.559. The predicted molar refractivity (Wildman–Crippen MR) is 108 cm³/mol. The number of benzene rings is 1. The summed E-state index contributed by atoms with van der Waals surface area (Å²) in [6.07, 6.45) is 3.74. The van der Waals surface area contributed by atoms with Crippen LogP contribution in [0.5, 0.6) is 0 Å². The Morgan fingerprint density at radius 3 is 2.59 bits per heavy atom. The topological polar surface area (TPSA) is 59.6 Å². The van der Waals surface area contributed by atoms with Gasteiger partial charge in [0.25, 0.3) is 0 Å². The van der Waals surface area contributed by atoms with Crippen LogP contribution in [-0.2, 0) is 4.79 Å². The highest BCUT2D eigenvalue weighted by Crippen LogP contribution is 2.34. The van der Waals surface area contributed by atoms with E-state index in [4.69, 9.17) is 0 Å². The van der Waals surface area contributed by atoms with Gasteiger partial charge >= 0.3 is 0 Å². The van der Waals surface area contributed by atoms with Crippen molar-refractivity contribution in [1.82, 2.24) is 14.8 Å². The number of aliphatic hydroxyl groups excluding tert-OH is 1. The molecule has 144 valence electrons. The number of fused-ring (bicyclic) bond motifs is 1. The third kappa shape index (κ3) is 3.42. The molecule has 1 unspecified atom stereocenters. The molecule has 1 aromatic heterocycles. The molecule has 2 aromatic rings. The predicted octanol–water partition coefficient (Wildman–Crippen LogP) is 3.62. The van der Waals surface area contributed by atoms with Gasteiger partial charge in [0, 0.05) is 44.0 Å². The van der Waals surface area contributed by atoms with E-state index < -0.39 is 6.23 Å². The van der Waals surface area contributed by atoms with Crippen LogP contribution >= 0.6 is 0 Å². The van der Waals surface area contributed by atoms with Gasteiger partial charge < -0.3 is 15.0 Å². The summed E-state index contributed by atoms with van der Waals surface area (Å²) in [5.74, 6) is 0.510. The van der Waals surface area contributed by atoms with Gasteiger partial charge in [-0.25, -0.2) is 0 Å². The van der Waals surface area contributed by atoms with Gasteiger partial charge in [-0.3, -0.25) is 9.69 Å². The van der Waals surface area contributed by atoms with Crippen molar-refractivity contribution in [2.45, 2.75) is 45.8 Å². The highest BCUT2D eigenvalue weighted by molar-refractivity contribution is 5.89. The lowest BCUT2D eigenvalue weighted by atomic mass is 9.92. The molecule has 1 amide bonds. The molecular weight excluding hydrogens is 338 g/mol. The van der Waals surface area contributed by atoms with Crippen molar-refractivity contribution in [2.75, 3.05) is 26.2 Å². The summed E-state index contributed by atoms with van der Waals surface area (Å²) in [6, 6.07) is 6.54. The van der Waals surface area contributed by atoms with Crippen LogP contribution < -0.4 is 0 Å². The first-order chi connectivity index (χ1) is 12.9. The molecule has 1 aromatic carbocycles. The second kappa shape index (κ2) is 7.13. The van der Waals surface area contributed by atoms with Crippen LogP contribution in [-0.4, -0.2) is 52.0 Å². The number of likely N-dealkylation sites (tertiary alicyclic amines) is 1. The Kier molecular flexibility index (Phi) is 4.82. The molecule has 27 heavy (non-hydrogen) atoms. The highest BCUT2D eigenvalue weighted by Gasteiger charge is 2.25. The van der Waals surface area contributed by atoms with Crippen LogP contribution in [0.4, 0.5) is 0 Å². The summed E-state index contributed by atoms with van der Waals surface area (Å²) in [5.41, 5.74) is 5.59. The van der Waals surface area contributed by atoms with Gasteiger partial charge in [0.2, 0.25) is 5.91 Å². The van der Waals surface area contributed by atoms with Gasteiger partial charge in [-0.05, 0) is 47.6 Å². The number of aromatic amines is 1. The molecule has 3 heterocycles. The fourth-order valence-electron chi connectivity index (χ4n) is 4.09. The Labute approximate surface area is 160 Å². The average molecular weight is 367 g/mol. The minimum Gasteiger partial charge on any atom is -0.373 e. The molecule has 1 atom stereocenters. The van der Waals surface area contributed by atoms with E-state index in [1.165, 1.54) is 22.1 Å². The van der Waals surface area contributed by atoms with E-state index in [0.717, 1.165) is 43.7 Å². The standard InChI is InChI=1S/C22H29N3O2/c1-14(2)18-10-17(16-6-4-7-25(13-16)15(3)26)11-20-19(18)12-21(23-20)22(27)24-8-5-9-24/h6,10-12,14,22-23,27H,4-5,7-9,13H2,1-3H3. The summed E-state index contributed by atoms with van der Waals surface area (Å²) < 4.78 is 0. The molecule has 4 rings (SSSR count). The number of carbonyl (C=O) groups is 1. The molecule has 5 nitrogen and oxygen atoms in total. The molecule has 1 fully saturated rings. The zero-order valence-electron chi connectivity index (χ0n) is 16.5. The fraction of sp³-hybridized carbons (Fsp3) is 0.500. The number of aromatic nitrogens is 1. The Balaban J connectivity index is 1.74. The molecular formula is C22H29N3O2. The first kappa shape index (κ1) is 18.3. The van der Waals surface area contributed by atoms with Crippen molar-refractivity contribution in [1.29, 1.82) is 0 Å². The maximum Gasteiger partial charge on any atom is 0.219 e. The number of hydrogen-bond donors (Lipinski definition) is 2. The van der Waals surface area contributed by atoms with Gasteiger partial charge in [0.1, 0.15) is 6.23 Å². The molecule has 0 aliphatic carbocycles. The number of hydrogen-bond acceptors (Lipinski definition) is 3. The Morgan fingerprint density at radius 2 is 1.96 bits per heavy atom. The molecule has 5 heteroatoms. The number of nitrogens with zero attached hydrogens (tertiary/aromatic N) is 2. The molecule has 0 spiro atoms. The second-order valence-corrected chi connectivity index (χ2v) is 8.13. The van der Waals surface area contributed by atoms with E-state index in [-0.39, 0.29) is 5.91 Å². The lowest BCUT2D eigenvalue weighted by molar-refractivity contribution is -0.128. The number of rotatable bonds is 4. The number of carbonyl (C=O) groups excluding carboxylic acids is 1. The summed E-state index contributed by atoms with van der Waals surface area (Å²) in [5, 5.41) is 11.8. The van der Waals surface area contributed by atoms with Crippen molar-refractivity contribution in [3.05, 3.63) is 41.1 Å². The van der Waals surface area contributed by atoms with Gasteiger partial charge in [0.15, 0.2) is 0 Å². The number of H-pyrrole nitrogens is 1. The van der Waals surface area contributed by atoms with Crippen LogP contribution in [0.25, 0.3) is 16.5 Å². The normalized spacial score (nSPS) is 19.3. The maximum atomic E-state index is 11.8. The minimum absolute atomic E-state index is 0.130. The second-order valence-electron chi connectivity index (χ2n) is 8.13. The Morgan fingerprint density at radius 1 is 1.19 bits per heavy atom. The van der Waals surface area contributed by atoms with E-state index in [1.807, 2.05) is 4.90 Å². The van der Waals surface area contributed by atoms with E-state index in [0.29, 0.717) is 12.5 Å². The summed E-state index contributed by atoms with van der Waals surface area (Å²) >= 11 is 0. The van der Waals surface area contributed by atoms with Crippen LogP contribution in [0.3, 0.4) is 0 Å². The highest BCUT2D eigenvalue weighted by atomic mass is 16.3. The Bertz CT molecular complexity index is 892. The van der Waals surface area contributed by atoms with Gasteiger partial charge in [-0.2, -0.15) is 0 Å². The van der Waals surface area contributed by atoms with Crippen LogP contribution in [0.15, 0.2) is 24.3 Å². The van der Waals surface area contributed by atoms with Gasteiger partial charge in [-0.1, -0.05) is 26.0 Å². The molecule has 2 aliphatic rings. The summed E-state index contributed by atoms with van der Waals surface area (Å²) in [7, 11) is 0. The summed E-state index contributed by atoms with van der Waals surface area (Å²) in [6.45, 7) is 9.41. The quantitative estimate of drug-likeness (QED) is 0.868. The molecule has 2 aliphatic heterocycles. The molecule has 0 saturated carbocycles. The number of nitrogens with one attached hydrogen (secondary N) is 1. The molecule has 0 bridgehead atoms. The van der Waals surface area contributed by atoms with Gasteiger partial charge in [-0.15, -0.1) is 0 Å². The van der Waals surface area contributed by atoms with Crippen molar-refractivity contribution in [3.63, 3.8) is 0 Å². The lowest BCUT2D eigenvalue weighted by Crippen LogP contribution is -2.40. The first-order valence-electron chi connectivity index (χ1n) is 9.97. The average Bonchev–Trinajstić information content (AvgIpc) is 3.03. The van der Waals surface area contributed by atoms with E-state index in [9.17, 15) is 9.90 Å². The van der Waals surface area contributed by atoms with Gasteiger partial charge in [0.05, 0.1) is 5.69 Å². The Hall–Kier alpha value is -2.11. The largest absolute Gasteiger partial charge is 0.373 e. The zero-order valence-corrected chi connectivity index (χ0v) is 16.5. The molecule has 0 radical (unpaired) electrons. The van der Waals surface area contributed by atoms with Crippen LogP contribution in [0.1, 0.15) is 62.6 Å². The van der Waals surface area contributed by atoms with E-state index in [2.05, 4.69) is 48.0 Å². The van der Waals surface area contributed by atoms with Crippen molar-refractivity contribution in [3.8, 4) is 0 Å². The van der Waals surface area contributed by atoms with Crippen LogP contribution in [0.2, 0.25) is 0 Å². The third-order valence-electron chi connectivity index (χ3n) is 5.89. The number of aliphatic hydroxyl groups is 1. The summed E-state index contributed by atoms with van der Waals surface area (Å²) in [4.78, 5) is 19.2. The fourth-order valence-corrected chi connectivity index (χ4v) is 4.09. The maximum absolute atomic E-state index is 11.8. The molecule has 2 N–H and O–H groups in total. The SMILES string of the molecule is CC(=O)N1CCC=C(c2cc(C(C)C)c3cc(C(O)N4CCC4)[nH]c3c2)C1. The lowest BCUT2D eigenvalue weighted by Gasteiger charge is -2.34. The third-order valence-corrected chi connectivity index (χ3v) is 5.89. The first-order valence-corrected chi connectivity index (χ1v) is 9.97. The van der Waals surface area contributed by atoms with Crippen LogP contribution in [0, 0.1) is 0 Å². The molecule has 1 saturated heterocycles. The monoisotopic (exact) mass is 367 g/mol. The smallest absolute Gasteiger partial charge is 0.219 e.